The molecule has 4 atom stereocenters. The van der Waals surface area contributed by atoms with Gasteiger partial charge in [0.25, 0.3) is 5.56 Å². The van der Waals surface area contributed by atoms with Crippen LogP contribution in [0.15, 0.2) is 119 Å². The molecule has 5 aromatic rings. The SMILES string of the molecule is COC(=O)c1ccc(C=Cc2cn([C@H]3C[C@H](O)[C@@H](C(O)C(c4ccccc4)(c4ccc(OC)cc4)c4ccc(OC)cc4)O3)c(=O)[nH]c2=O)cc1. The maximum Gasteiger partial charge on any atom is 0.337 e. The predicted octanol–water partition coefficient (Wildman–Crippen LogP) is 4.55. The Kier molecular flexibility index (Phi) is 10.3. The summed E-state index contributed by atoms with van der Waals surface area (Å²) in [6.45, 7) is 0. The van der Waals surface area contributed by atoms with E-state index in [0.717, 1.165) is 5.56 Å². The normalized spacial score (nSPS) is 18.0. The number of nitrogens with one attached hydrogen (secondary N) is 1. The van der Waals surface area contributed by atoms with Crippen molar-refractivity contribution in [2.75, 3.05) is 21.3 Å². The van der Waals surface area contributed by atoms with Crippen LogP contribution < -0.4 is 20.7 Å². The molecular weight excluding hydrogens is 652 g/mol. The van der Waals surface area contributed by atoms with Crippen LogP contribution in [0.3, 0.4) is 0 Å². The number of hydrogen-bond donors (Lipinski definition) is 3. The van der Waals surface area contributed by atoms with Crippen molar-refractivity contribution < 1.29 is 34.0 Å². The zero-order valence-corrected chi connectivity index (χ0v) is 28.3. The highest BCUT2D eigenvalue weighted by Crippen LogP contribution is 2.47. The molecule has 1 unspecified atom stereocenters. The summed E-state index contributed by atoms with van der Waals surface area (Å²) in [4.78, 5) is 40.1. The van der Waals surface area contributed by atoms with Crippen molar-refractivity contribution in [2.45, 2.75) is 36.4 Å². The van der Waals surface area contributed by atoms with Crippen LogP contribution in [0.25, 0.3) is 12.2 Å². The topological polar surface area (TPSA) is 149 Å². The summed E-state index contributed by atoms with van der Waals surface area (Å²) < 4.78 is 23.2. The molecule has 1 aliphatic rings. The molecule has 262 valence electrons. The third-order valence-electron chi connectivity index (χ3n) is 9.30. The van der Waals surface area contributed by atoms with Gasteiger partial charge in [-0.25, -0.2) is 9.59 Å². The molecule has 11 nitrogen and oxygen atoms in total. The van der Waals surface area contributed by atoms with E-state index in [2.05, 4.69) is 4.98 Å². The Bertz CT molecular complexity index is 2060. The van der Waals surface area contributed by atoms with E-state index in [1.807, 2.05) is 54.6 Å². The van der Waals surface area contributed by atoms with Gasteiger partial charge >= 0.3 is 11.7 Å². The van der Waals surface area contributed by atoms with Crippen LogP contribution in [0.1, 0.15) is 50.8 Å². The van der Waals surface area contributed by atoms with E-state index in [9.17, 15) is 24.6 Å². The van der Waals surface area contributed by atoms with Gasteiger partial charge in [0.1, 0.15) is 29.9 Å². The number of nitrogens with zero attached hydrogens (tertiary/aromatic N) is 1. The first-order valence-electron chi connectivity index (χ1n) is 16.3. The Hall–Kier alpha value is -5.75. The van der Waals surface area contributed by atoms with Crippen LogP contribution >= 0.6 is 0 Å². The number of rotatable bonds is 11. The smallest absolute Gasteiger partial charge is 0.337 e. The summed E-state index contributed by atoms with van der Waals surface area (Å²) >= 11 is 0. The van der Waals surface area contributed by atoms with Gasteiger partial charge in [-0.2, -0.15) is 0 Å². The maximum absolute atomic E-state index is 13.1. The van der Waals surface area contributed by atoms with E-state index in [0.29, 0.717) is 33.8 Å². The molecule has 0 aliphatic carbocycles. The Morgan fingerprint density at radius 2 is 1.41 bits per heavy atom. The lowest BCUT2D eigenvalue weighted by molar-refractivity contribution is -0.0976. The molecule has 1 fully saturated rings. The molecule has 1 aromatic heterocycles. The molecule has 0 radical (unpaired) electrons. The van der Waals surface area contributed by atoms with Crippen LogP contribution in [0.2, 0.25) is 0 Å². The van der Waals surface area contributed by atoms with Crippen molar-refractivity contribution in [1.82, 2.24) is 9.55 Å². The van der Waals surface area contributed by atoms with E-state index in [-0.39, 0.29) is 12.0 Å². The first kappa shape index (κ1) is 35.1. The number of methoxy groups -OCH3 is 3. The first-order chi connectivity index (χ1) is 24.7. The van der Waals surface area contributed by atoms with Crippen LogP contribution in [-0.4, -0.2) is 65.4 Å². The molecule has 6 rings (SSSR count). The number of aliphatic hydroxyl groups excluding tert-OH is 2. The Balaban J connectivity index is 1.38. The van der Waals surface area contributed by atoms with Crippen molar-refractivity contribution in [1.29, 1.82) is 0 Å². The van der Waals surface area contributed by atoms with Gasteiger partial charge in [-0.15, -0.1) is 0 Å². The molecule has 51 heavy (non-hydrogen) atoms. The molecule has 11 heteroatoms. The highest BCUT2D eigenvalue weighted by atomic mass is 16.5. The van der Waals surface area contributed by atoms with Crippen LogP contribution in [0.5, 0.6) is 11.5 Å². The van der Waals surface area contributed by atoms with Gasteiger partial charge in [0, 0.05) is 12.6 Å². The molecule has 0 bridgehead atoms. The molecule has 0 saturated carbocycles. The minimum Gasteiger partial charge on any atom is -0.497 e. The zero-order chi connectivity index (χ0) is 36.1. The lowest BCUT2D eigenvalue weighted by atomic mass is 9.64. The molecule has 0 spiro atoms. The third kappa shape index (κ3) is 6.87. The number of H-pyrrole nitrogens is 1. The van der Waals surface area contributed by atoms with E-state index in [1.54, 1.807) is 68.8 Å². The van der Waals surface area contributed by atoms with Gasteiger partial charge in [0.05, 0.1) is 44.0 Å². The van der Waals surface area contributed by atoms with Crippen molar-refractivity contribution in [3.05, 3.63) is 164 Å². The van der Waals surface area contributed by atoms with Crippen molar-refractivity contribution in [3.8, 4) is 11.5 Å². The standard InChI is InChI=1S/C40H38N2O9/c1-48-31-19-15-29(16-20-31)40(28-7-5-4-6-8-28,30-17-21-32(49-2)22-18-30)36(44)35-33(43)23-34(51-35)42-24-27(37(45)41-39(42)47)14-11-25-9-12-26(13-10-25)38(46)50-3/h4-22,24,33-36,43-44H,23H2,1-3H3,(H,41,45,47)/t33-,34+,35-,36?/m0/s1. The van der Waals surface area contributed by atoms with Crippen LogP contribution in [0, 0.1) is 0 Å². The van der Waals surface area contributed by atoms with Gasteiger partial charge in [-0.05, 0) is 64.7 Å². The van der Waals surface area contributed by atoms with Crippen molar-refractivity contribution in [2.24, 2.45) is 0 Å². The number of hydrogen-bond acceptors (Lipinski definition) is 9. The second kappa shape index (κ2) is 15.0. The molecule has 1 saturated heterocycles. The fourth-order valence-electron chi connectivity index (χ4n) is 6.67. The van der Waals surface area contributed by atoms with Gasteiger partial charge in [0.15, 0.2) is 0 Å². The Morgan fingerprint density at radius 1 is 0.843 bits per heavy atom. The summed E-state index contributed by atoms with van der Waals surface area (Å²) in [7, 11) is 4.45. The van der Waals surface area contributed by atoms with Crippen molar-refractivity contribution >= 4 is 18.1 Å². The number of ether oxygens (including phenoxy) is 4. The average molecular weight is 691 g/mol. The summed E-state index contributed by atoms with van der Waals surface area (Å²) in [5.41, 5.74) is 0.772. The molecule has 4 aromatic carbocycles. The van der Waals surface area contributed by atoms with Crippen LogP contribution in [0.4, 0.5) is 0 Å². The lowest BCUT2D eigenvalue weighted by Crippen LogP contribution is -2.51. The monoisotopic (exact) mass is 690 g/mol. The molecule has 0 amide bonds. The van der Waals surface area contributed by atoms with Gasteiger partial charge in [-0.3, -0.25) is 14.3 Å². The predicted molar refractivity (Wildman–Crippen MR) is 191 cm³/mol. The van der Waals surface area contributed by atoms with Gasteiger partial charge in [-0.1, -0.05) is 72.8 Å². The molecule has 3 N–H and O–H groups in total. The Labute approximate surface area is 294 Å². The fourth-order valence-corrected chi connectivity index (χ4v) is 6.67. The fraction of sp³-hybridized carbons (Fsp3) is 0.225. The number of carbonyl (C=O) groups is 1. The summed E-state index contributed by atoms with van der Waals surface area (Å²) in [6.07, 6.45) is -0.251. The number of aliphatic hydroxyl groups is 2. The number of aromatic amines is 1. The average Bonchev–Trinajstić information content (AvgIpc) is 3.56. The largest absolute Gasteiger partial charge is 0.497 e. The molecule has 1 aliphatic heterocycles. The summed E-state index contributed by atoms with van der Waals surface area (Å²) in [5.74, 6) is 0.788. The minimum atomic E-state index is -1.38. The van der Waals surface area contributed by atoms with E-state index in [1.165, 1.54) is 23.9 Å². The first-order valence-corrected chi connectivity index (χ1v) is 16.3. The summed E-state index contributed by atoms with van der Waals surface area (Å²) in [6, 6.07) is 30.7. The number of esters is 1. The summed E-state index contributed by atoms with van der Waals surface area (Å²) in [5, 5.41) is 24.2. The lowest BCUT2D eigenvalue weighted by Gasteiger charge is -2.43. The van der Waals surface area contributed by atoms with E-state index in [4.69, 9.17) is 18.9 Å². The van der Waals surface area contributed by atoms with E-state index >= 15 is 0 Å². The van der Waals surface area contributed by atoms with Crippen LogP contribution in [-0.2, 0) is 14.9 Å². The highest BCUT2D eigenvalue weighted by Gasteiger charge is 2.52. The third-order valence-corrected chi connectivity index (χ3v) is 9.30. The highest BCUT2D eigenvalue weighted by molar-refractivity contribution is 5.89. The second-order valence-corrected chi connectivity index (χ2v) is 12.1. The quantitative estimate of drug-likeness (QED) is 0.134. The molecular formula is C40H38N2O9. The maximum atomic E-state index is 13.1. The number of carbonyl (C=O) groups excluding carboxylic acids is 1. The van der Waals surface area contributed by atoms with Crippen molar-refractivity contribution in [3.63, 3.8) is 0 Å². The Morgan fingerprint density at radius 3 is 1.96 bits per heavy atom. The second-order valence-electron chi connectivity index (χ2n) is 12.1. The molecule has 2 heterocycles. The minimum absolute atomic E-state index is 0.0398. The number of aromatic nitrogens is 2. The zero-order valence-electron chi connectivity index (χ0n) is 28.3. The number of benzene rings is 4. The van der Waals surface area contributed by atoms with E-state index < -0.39 is 47.2 Å². The van der Waals surface area contributed by atoms with Gasteiger partial charge in [0.2, 0.25) is 0 Å². The van der Waals surface area contributed by atoms with Gasteiger partial charge < -0.3 is 29.2 Å².